The maximum Gasteiger partial charge on any atom is 0.108 e. The van der Waals surface area contributed by atoms with Crippen molar-refractivity contribution in [3.05, 3.63) is 59.7 Å². The largest absolute Gasteiger partial charge is 0.428 e. The van der Waals surface area contributed by atoms with Crippen LogP contribution in [0.5, 0.6) is 0 Å². The van der Waals surface area contributed by atoms with Crippen molar-refractivity contribution in [3.63, 3.8) is 0 Å². The number of hydrogen-bond acceptors (Lipinski definition) is 2. The minimum atomic E-state index is -0.658. The molecule has 1 aliphatic carbocycles. The van der Waals surface area contributed by atoms with Gasteiger partial charge in [-0.25, -0.2) is 0 Å². The number of aromatic nitrogens is 1. The fraction of sp³-hybridized carbons (Fsp3) is 0.0667. The topological polar surface area (TPSA) is 45.4 Å². The van der Waals surface area contributed by atoms with Crippen LogP contribution in [0.2, 0.25) is 0 Å². The summed E-state index contributed by atoms with van der Waals surface area (Å²) in [7, 11) is 0. The van der Waals surface area contributed by atoms with Gasteiger partial charge in [-0.3, -0.25) is 0 Å². The first-order valence-corrected chi connectivity index (χ1v) is 5.89. The van der Waals surface area contributed by atoms with Crippen LogP contribution < -0.4 is 0 Å². The monoisotopic (exact) mass is 237 g/mol. The number of rotatable bonds is 0. The van der Waals surface area contributed by atoms with E-state index in [1.165, 1.54) is 4.73 Å². The van der Waals surface area contributed by atoms with Crippen molar-refractivity contribution in [1.29, 1.82) is 0 Å². The number of para-hydroxylation sites is 1. The number of benzene rings is 2. The van der Waals surface area contributed by atoms with Gasteiger partial charge in [0, 0.05) is 16.5 Å². The molecule has 0 fully saturated rings. The molecule has 2 N–H and O–H groups in total. The van der Waals surface area contributed by atoms with Gasteiger partial charge >= 0.3 is 0 Å². The summed E-state index contributed by atoms with van der Waals surface area (Å²) < 4.78 is 1.18. The molecule has 1 heterocycles. The summed E-state index contributed by atoms with van der Waals surface area (Å²) in [5.74, 6) is 0. The molecule has 0 bridgehead atoms. The zero-order valence-electron chi connectivity index (χ0n) is 9.54. The van der Waals surface area contributed by atoms with E-state index >= 15 is 0 Å². The Morgan fingerprint density at radius 3 is 2.56 bits per heavy atom. The molecule has 3 aromatic rings. The predicted octanol–water partition coefficient (Wildman–Crippen LogP) is 2.94. The molecule has 1 atom stereocenters. The first-order chi connectivity index (χ1) is 8.79. The van der Waals surface area contributed by atoms with E-state index in [1.807, 2.05) is 48.5 Å². The van der Waals surface area contributed by atoms with Crippen LogP contribution >= 0.6 is 0 Å². The molecule has 0 amide bonds. The quantitative estimate of drug-likeness (QED) is 0.590. The number of fused-ring (bicyclic) bond motifs is 5. The summed E-state index contributed by atoms with van der Waals surface area (Å²) >= 11 is 0. The molecule has 1 aromatic heterocycles. The molecular formula is C15H11NO2. The van der Waals surface area contributed by atoms with Crippen molar-refractivity contribution >= 4 is 10.9 Å². The second-order valence-electron chi connectivity index (χ2n) is 4.58. The van der Waals surface area contributed by atoms with E-state index in [0.717, 1.165) is 27.6 Å². The molecular weight excluding hydrogens is 226 g/mol. The average molecular weight is 237 g/mol. The van der Waals surface area contributed by atoms with Gasteiger partial charge in [-0.2, -0.15) is 4.73 Å². The summed E-state index contributed by atoms with van der Waals surface area (Å²) in [6, 6.07) is 15.2. The Morgan fingerprint density at radius 2 is 1.67 bits per heavy atom. The van der Waals surface area contributed by atoms with Gasteiger partial charge in [0.25, 0.3) is 0 Å². The maximum absolute atomic E-state index is 10.4. The number of nitrogens with zero attached hydrogens (tertiary/aromatic N) is 1. The Balaban J connectivity index is 2.21. The molecule has 0 aliphatic heterocycles. The first-order valence-electron chi connectivity index (χ1n) is 5.89. The smallest absolute Gasteiger partial charge is 0.108 e. The molecule has 0 radical (unpaired) electrons. The molecule has 88 valence electrons. The summed E-state index contributed by atoms with van der Waals surface area (Å²) in [5.41, 5.74) is 4.00. The van der Waals surface area contributed by atoms with E-state index in [4.69, 9.17) is 0 Å². The van der Waals surface area contributed by atoms with E-state index in [0.29, 0.717) is 5.69 Å². The lowest BCUT2D eigenvalue weighted by atomic mass is 10.1. The highest BCUT2D eigenvalue weighted by Crippen LogP contribution is 2.47. The second kappa shape index (κ2) is 3.15. The third-order valence-electron chi connectivity index (χ3n) is 3.67. The zero-order valence-corrected chi connectivity index (χ0v) is 9.54. The molecule has 2 aromatic carbocycles. The highest BCUT2D eigenvalue weighted by atomic mass is 16.5. The standard InChI is InChI=1S/C15H11NO2/c17-15-10-6-2-1-5-9(10)14-13(15)11-7-3-4-8-12(11)16(14)18/h1-8,15,17-18H. The van der Waals surface area contributed by atoms with Gasteiger partial charge < -0.3 is 10.3 Å². The summed E-state index contributed by atoms with van der Waals surface area (Å²) in [4.78, 5) is 0. The summed E-state index contributed by atoms with van der Waals surface area (Å²) in [6.07, 6.45) is -0.658. The molecule has 3 heteroatoms. The lowest BCUT2D eigenvalue weighted by molar-refractivity contribution is 0.202. The van der Waals surface area contributed by atoms with Gasteiger partial charge in [0.05, 0.1) is 11.2 Å². The molecule has 1 aliphatic rings. The van der Waals surface area contributed by atoms with Crippen molar-refractivity contribution < 1.29 is 10.3 Å². The van der Waals surface area contributed by atoms with E-state index in [2.05, 4.69) is 0 Å². The van der Waals surface area contributed by atoms with Gasteiger partial charge in [-0.05, 0) is 11.6 Å². The minimum Gasteiger partial charge on any atom is -0.428 e. The van der Waals surface area contributed by atoms with Crippen LogP contribution in [-0.4, -0.2) is 15.0 Å². The number of aliphatic hydroxyl groups is 1. The highest BCUT2D eigenvalue weighted by Gasteiger charge is 2.33. The number of hydrogen-bond donors (Lipinski definition) is 2. The molecule has 1 unspecified atom stereocenters. The Morgan fingerprint density at radius 1 is 0.944 bits per heavy atom. The lowest BCUT2D eigenvalue weighted by Crippen LogP contribution is -1.93. The van der Waals surface area contributed by atoms with Gasteiger partial charge in [-0.15, -0.1) is 0 Å². The highest BCUT2D eigenvalue weighted by molar-refractivity contribution is 5.95. The average Bonchev–Trinajstić information content (AvgIpc) is 2.87. The van der Waals surface area contributed by atoms with E-state index in [9.17, 15) is 10.3 Å². The van der Waals surface area contributed by atoms with Crippen molar-refractivity contribution in [2.45, 2.75) is 6.10 Å². The molecule has 4 rings (SSSR count). The summed E-state index contributed by atoms with van der Waals surface area (Å²) in [5, 5.41) is 21.6. The number of aliphatic hydroxyl groups excluding tert-OH is 1. The van der Waals surface area contributed by atoms with Gasteiger partial charge in [0.1, 0.15) is 6.10 Å². The van der Waals surface area contributed by atoms with Crippen LogP contribution in [0.4, 0.5) is 0 Å². The fourth-order valence-electron chi connectivity index (χ4n) is 2.89. The van der Waals surface area contributed by atoms with Crippen LogP contribution in [-0.2, 0) is 0 Å². The van der Waals surface area contributed by atoms with Gasteiger partial charge in [0.2, 0.25) is 0 Å². The molecule has 3 nitrogen and oxygen atoms in total. The minimum absolute atomic E-state index is 0.658. The zero-order chi connectivity index (χ0) is 12.3. The maximum atomic E-state index is 10.4. The summed E-state index contributed by atoms with van der Waals surface area (Å²) in [6.45, 7) is 0. The van der Waals surface area contributed by atoms with Crippen molar-refractivity contribution in [1.82, 2.24) is 4.73 Å². The first kappa shape index (κ1) is 9.74. The van der Waals surface area contributed by atoms with Crippen LogP contribution in [0.3, 0.4) is 0 Å². The lowest BCUT2D eigenvalue weighted by Gasteiger charge is -2.06. The predicted molar refractivity (Wildman–Crippen MR) is 68.6 cm³/mol. The van der Waals surface area contributed by atoms with E-state index in [1.54, 1.807) is 0 Å². The molecule has 0 saturated carbocycles. The molecule has 18 heavy (non-hydrogen) atoms. The van der Waals surface area contributed by atoms with Crippen LogP contribution in [0, 0.1) is 0 Å². The van der Waals surface area contributed by atoms with Crippen LogP contribution in [0.25, 0.3) is 22.2 Å². The Hall–Kier alpha value is -2.26. The Labute approximate surface area is 103 Å². The third kappa shape index (κ3) is 0.978. The van der Waals surface area contributed by atoms with E-state index < -0.39 is 6.10 Å². The molecule has 0 saturated heterocycles. The second-order valence-corrected chi connectivity index (χ2v) is 4.58. The van der Waals surface area contributed by atoms with Crippen molar-refractivity contribution in [2.24, 2.45) is 0 Å². The van der Waals surface area contributed by atoms with Gasteiger partial charge in [0.15, 0.2) is 0 Å². The van der Waals surface area contributed by atoms with Gasteiger partial charge in [-0.1, -0.05) is 42.5 Å². The SMILES string of the molecule is OC1c2ccccc2-c2c1c1ccccc1n2O. The van der Waals surface area contributed by atoms with Crippen LogP contribution in [0.15, 0.2) is 48.5 Å². The third-order valence-corrected chi connectivity index (χ3v) is 3.67. The fourth-order valence-corrected chi connectivity index (χ4v) is 2.89. The van der Waals surface area contributed by atoms with E-state index in [-0.39, 0.29) is 0 Å². The van der Waals surface area contributed by atoms with Crippen molar-refractivity contribution in [3.8, 4) is 11.3 Å². The Bertz CT molecular complexity index is 773. The Kier molecular flexibility index (Phi) is 1.70. The normalized spacial score (nSPS) is 16.8. The molecule has 0 spiro atoms. The van der Waals surface area contributed by atoms with Crippen molar-refractivity contribution in [2.75, 3.05) is 0 Å². The van der Waals surface area contributed by atoms with Crippen LogP contribution in [0.1, 0.15) is 17.2 Å².